The van der Waals surface area contributed by atoms with Crippen molar-refractivity contribution in [2.45, 2.75) is 19.8 Å². The van der Waals surface area contributed by atoms with Gasteiger partial charge in [-0.2, -0.15) is 0 Å². The Morgan fingerprint density at radius 3 is 2.32 bits per heavy atom. The number of hydrogen-bond acceptors (Lipinski definition) is 4. The summed E-state index contributed by atoms with van der Waals surface area (Å²) in [4.78, 5) is 14.0. The number of nitrogens with zero attached hydrogens (tertiary/aromatic N) is 2. The Balaban J connectivity index is 2.17. The van der Waals surface area contributed by atoms with Crippen LogP contribution in [0.1, 0.15) is 19.8 Å². The first-order valence-electron chi connectivity index (χ1n) is 7.40. The largest absolute Gasteiger partial charge is 0.494 e. The van der Waals surface area contributed by atoms with Crippen LogP contribution in [0.4, 0.5) is 5.69 Å². The third-order valence-corrected chi connectivity index (χ3v) is 4.71. The predicted molar refractivity (Wildman–Crippen MR) is 85.6 cm³/mol. The fourth-order valence-corrected chi connectivity index (χ4v) is 3.31. The van der Waals surface area contributed by atoms with E-state index in [0.717, 1.165) is 23.4 Å². The Morgan fingerprint density at radius 2 is 1.82 bits per heavy atom. The average molecular weight is 326 g/mol. The summed E-state index contributed by atoms with van der Waals surface area (Å²) in [6, 6.07) is 6.72. The second-order valence-corrected chi connectivity index (χ2v) is 7.19. The van der Waals surface area contributed by atoms with Crippen LogP contribution >= 0.6 is 0 Å². The van der Waals surface area contributed by atoms with Crippen LogP contribution in [0, 0.1) is 0 Å². The molecule has 6 nitrogen and oxygen atoms in total. The van der Waals surface area contributed by atoms with Crippen molar-refractivity contribution in [1.29, 1.82) is 0 Å². The van der Waals surface area contributed by atoms with Crippen molar-refractivity contribution >= 4 is 21.6 Å². The molecule has 1 fully saturated rings. The maximum Gasteiger partial charge on any atom is 0.243 e. The van der Waals surface area contributed by atoms with Crippen molar-refractivity contribution in [3.05, 3.63) is 24.3 Å². The molecule has 1 aliphatic heterocycles. The van der Waals surface area contributed by atoms with Gasteiger partial charge in [0.2, 0.25) is 15.9 Å². The van der Waals surface area contributed by atoms with Crippen molar-refractivity contribution in [2.75, 3.05) is 36.8 Å². The predicted octanol–water partition coefficient (Wildman–Crippen LogP) is 1.47. The molecule has 1 amide bonds. The molecule has 0 spiro atoms. The molecule has 1 aliphatic rings. The van der Waals surface area contributed by atoms with Crippen LogP contribution in [-0.4, -0.2) is 51.7 Å². The Kier molecular flexibility index (Phi) is 5.28. The average Bonchev–Trinajstić information content (AvgIpc) is 2.99. The monoisotopic (exact) mass is 326 g/mol. The van der Waals surface area contributed by atoms with Crippen molar-refractivity contribution < 1.29 is 17.9 Å². The van der Waals surface area contributed by atoms with Crippen LogP contribution in [0.15, 0.2) is 24.3 Å². The smallest absolute Gasteiger partial charge is 0.243 e. The molecular weight excluding hydrogens is 304 g/mol. The highest BCUT2D eigenvalue weighted by Crippen LogP contribution is 2.22. The van der Waals surface area contributed by atoms with Crippen molar-refractivity contribution in [3.63, 3.8) is 0 Å². The molecule has 0 N–H and O–H groups in total. The van der Waals surface area contributed by atoms with Gasteiger partial charge < -0.3 is 9.64 Å². The SMILES string of the molecule is CCOc1ccc(N(CC(=O)N2CCCC2)S(C)(=O)=O)cc1. The third-order valence-electron chi connectivity index (χ3n) is 3.57. The second kappa shape index (κ2) is 7.00. The van der Waals surface area contributed by atoms with E-state index in [1.807, 2.05) is 6.92 Å². The Morgan fingerprint density at radius 1 is 1.23 bits per heavy atom. The van der Waals surface area contributed by atoms with E-state index in [4.69, 9.17) is 4.74 Å². The topological polar surface area (TPSA) is 66.9 Å². The number of carbonyl (C=O) groups excluding carboxylic acids is 1. The minimum Gasteiger partial charge on any atom is -0.494 e. The van der Waals surface area contributed by atoms with Crippen LogP contribution in [0.2, 0.25) is 0 Å². The molecule has 2 rings (SSSR count). The molecule has 122 valence electrons. The van der Waals surface area contributed by atoms with Gasteiger partial charge in [0.05, 0.1) is 18.6 Å². The lowest BCUT2D eigenvalue weighted by Crippen LogP contribution is -2.41. The van der Waals surface area contributed by atoms with E-state index >= 15 is 0 Å². The minimum absolute atomic E-state index is 0.156. The number of benzene rings is 1. The number of likely N-dealkylation sites (tertiary alicyclic amines) is 1. The molecule has 22 heavy (non-hydrogen) atoms. The minimum atomic E-state index is -3.52. The van der Waals surface area contributed by atoms with Crippen LogP contribution in [0.5, 0.6) is 5.75 Å². The summed E-state index contributed by atoms with van der Waals surface area (Å²) in [5.41, 5.74) is 0.471. The first kappa shape index (κ1) is 16.6. The van der Waals surface area contributed by atoms with Crippen molar-refractivity contribution in [3.8, 4) is 5.75 Å². The summed E-state index contributed by atoms with van der Waals surface area (Å²) in [6.45, 7) is 3.68. The highest BCUT2D eigenvalue weighted by Gasteiger charge is 2.25. The molecule has 0 unspecified atom stereocenters. The molecule has 0 atom stereocenters. The van der Waals surface area contributed by atoms with Gasteiger partial charge in [-0.25, -0.2) is 8.42 Å². The molecule has 0 saturated carbocycles. The van der Waals surface area contributed by atoms with E-state index in [-0.39, 0.29) is 12.5 Å². The molecule has 1 aromatic rings. The van der Waals surface area contributed by atoms with Crippen molar-refractivity contribution in [2.24, 2.45) is 0 Å². The molecule has 0 aliphatic carbocycles. The highest BCUT2D eigenvalue weighted by atomic mass is 32.2. The zero-order valence-electron chi connectivity index (χ0n) is 13.0. The number of anilines is 1. The summed E-state index contributed by atoms with van der Waals surface area (Å²) in [6.07, 6.45) is 3.07. The standard InChI is InChI=1S/C15H22N2O4S/c1-3-21-14-8-6-13(7-9-14)17(22(2,19)20)12-15(18)16-10-4-5-11-16/h6-9H,3-5,10-12H2,1-2H3. The maximum atomic E-state index is 12.2. The molecule has 1 aromatic carbocycles. The fourth-order valence-electron chi connectivity index (χ4n) is 2.46. The third kappa shape index (κ3) is 4.13. The van der Waals surface area contributed by atoms with E-state index in [1.165, 1.54) is 0 Å². The Bertz CT molecular complexity index is 607. The number of sulfonamides is 1. The van der Waals surface area contributed by atoms with Crippen LogP contribution in [0.3, 0.4) is 0 Å². The molecule has 1 heterocycles. The summed E-state index contributed by atoms with van der Waals surface area (Å²) >= 11 is 0. The number of ether oxygens (including phenoxy) is 1. The van der Waals surface area contributed by atoms with Gasteiger partial charge >= 0.3 is 0 Å². The van der Waals surface area contributed by atoms with Crippen LogP contribution in [0.25, 0.3) is 0 Å². The number of rotatable bonds is 6. The fraction of sp³-hybridized carbons (Fsp3) is 0.533. The Labute approximate surface area is 131 Å². The second-order valence-electron chi connectivity index (χ2n) is 5.28. The van der Waals surface area contributed by atoms with E-state index in [9.17, 15) is 13.2 Å². The van der Waals surface area contributed by atoms with Gasteiger partial charge in [-0.15, -0.1) is 0 Å². The van der Waals surface area contributed by atoms with E-state index in [2.05, 4.69) is 0 Å². The zero-order chi connectivity index (χ0) is 16.2. The summed E-state index contributed by atoms with van der Waals surface area (Å²) in [5, 5.41) is 0. The van der Waals surface area contributed by atoms with E-state index in [1.54, 1.807) is 29.2 Å². The number of amides is 1. The lowest BCUT2D eigenvalue weighted by atomic mass is 10.3. The van der Waals surface area contributed by atoms with Gasteiger partial charge in [0.25, 0.3) is 0 Å². The molecule has 7 heteroatoms. The van der Waals surface area contributed by atoms with E-state index in [0.29, 0.717) is 31.1 Å². The normalized spacial score (nSPS) is 14.9. The lowest BCUT2D eigenvalue weighted by Gasteiger charge is -2.25. The van der Waals surface area contributed by atoms with E-state index < -0.39 is 10.0 Å². The molecule has 0 aromatic heterocycles. The van der Waals surface area contributed by atoms with Gasteiger partial charge in [0.15, 0.2) is 0 Å². The molecule has 1 saturated heterocycles. The lowest BCUT2D eigenvalue weighted by molar-refractivity contribution is -0.128. The van der Waals surface area contributed by atoms with Gasteiger partial charge in [-0.05, 0) is 44.0 Å². The quantitative estimate of drug-likeness (QED) is 0.794. The van der Waals surface area contributed by atoms with Crippen molar-refractivity contribution in [1.82, 2.24) is 4.90 Å². The molecular formula is C15H22N2O4S. The van der Waals surface area contributed by atoms with Crippen LogP contribution in [-0.2, 0) is 14.8 Å². The van der Waals surface area contributed by atoms with Gasteiger partial charge in [0.1, 0.15) is 12.3 Å². The van der Waals surface area contributed by atoms with Gasteiger partial charge in [-0.1, -0.05) is 0 Å². The highest BCUT2D eigenvalue weighted by molar-refractivity contribution is 7.92. The summed E-state index contributed by atoms with van der Waals surface area (Å²) in [5.74, 6) is 0.516. The Hall–Kier alpha value is -1.76. The summed E-state index contributed by atoms with van der Waals surface area (Å²) in [7, 11) is -3.52. The van der Waals surface area contributed by atoms with Gasteiger partial charge in [-0.3, -0.25) is 9.10 Å². The van der Waals surface area contributed by atoms with Gasteiger partial charge in [0, 0.05) is 13.1 Å². The number of carbonyl (C=O) groups is 1. The maximum absolute atomic E-state index is 12.2. The summed E-state index contributed by atoms with van der Waals surface area (Å²) < 4.78 is 30.5. The zero-order valence-corrected chi connectivity index (χ0v) is 13.8. The number of hydrogen-bond donors (Lipinski definition) is 0. The van der Waals surface area contributed by atoms with Crippen LogP contribution < -0.4 is 9.04 Å². The molecule has 0 bridgehead atoms. The first-order chi connectivity index (χ1) is 10.4. The molecule has 0 radical (unpaired) electrons. The first-order valence-corrected chi connectivity index (χ1v) is 9.25.